The highest BCUT2D eigenvalue weighted by molar-refractivity contribution is 7.89. The van der Waals surface area contributed by atoms with Crippen LogP contribution in [0.15, 0.2) is 29.2 Å². The average Bonchev–Trinajstić information content (AvgIpc) is 2.33. The van der Waals surface area contributed by atoms with Gasteiger partial charge in [0.2, 0.25) is 21.6 Å². The maximum atomic E-state index is 11.9. The van der Waals surface area contributed by atoms with Crippen molar-refractivity contribution < 1.29 is 18.0 Å². The monoisotopic (exact) mass is 265 g/mol. The van der Waals surface area contributed by atoms with Crippen molar-refractivity contribution in [1.82, 2.24) is 4.31 Å². The van der Waals surface area contributed by atoms with Crippen molar-refractivity contribution in [3.63, 3.8) is 0 Å². The van der Waals surface area contributed by atoms with E-state index in [0.29, 0.717) is 5.56 Å². The van der Waals surface area contributed by atoms with Crippen LogP contribution < -0.4 is 0 Å². The molecule has 0 saturated heterocycles. The highest BCUT2D eigenvalue weighted by Gasteiger charge is 2.24. The third-order valence-electron chi connectivity index (χ3n) is 2.69. The van der Waals surface area contributed by atoms with Gasteiger partial charge in [-0.2, -0.15) is 0 Å². The third kappa shape index (κ3) is 1.89. The average molecular weight is 265 g/mol. The lowest BCUT2D eigenvalue weighted by Crippen LogP contribution is -2.23. The standard InChI is InChI=1S/C12H11NO4S/c1-13(2)18(16,17)9-5-3-8-4-6-11(14)12(15)10(8)7-9/h3-7H,1-2H3. The second-order valence-electron chi connectivity index (χ2n) is 4.06. The molecule has 0 spiro atoms. The minimum Gasteiger partial charge on any atom is -0.286 e. The zero-order valence-electron chi connectivity index (χ0n) is 9.88. The first kappa shape index (κ1) is 12.7. The zero-order valence-corrected chi connectivity index (χ0v) is 10.7. The van der Waals surface area contributed by atoms with E-state index >= 15 is 0 Å². The fraction of sp³-hybridized carbons (Fsp3) is 0.167. The van der Waals surface area contributed by atoms with Gasteiger partial charge in [0, 0.05) is 19.7 Å². The number of carbonyl (C=O) groups excluding carboxylic acids is 2. The molecule has 0 aliphatic heterocycles. The number of hydrogen-bond acceptors (Lipinski definition) is 4. The smallest absolute Gasteiger partial charge is 0.242 e. The van der Waals surface area contributed by atoms with Gasteiger partial charge in [0.15, 0.2) is 0 Å². The van der Waals surface area contributed by atoms with Crippen LogP contribution in [0.3, 0.4) is 0 Å². The lowest BCUT2D eigenvalue weighted by atomic mass is 9.96. The van der Waals surface area contributed by atoms with Gasteiger partial charge in [0.05, 0.1) is 4.90 Å². The van der Waals surface area contributed by atoms with Crippen molar-refractivity contribution in [2.75, 3.05) is 14.1 Å². The summed E-state index contributed by atoms with van der Waals surface area (Å²) in [7, 11) is -0.797. The molecule has 0 bridgehead atoms. The Kier molecular flexibility index (Phi) is 2.92. The molecule has 0 heterocycles. The van der Waals surface area contributed by atoms with Crippen LogP contribution in [0.2, 0.25) is 0 Å². The molecule has 0 saturated carbocycles. The van der Waals surface area contributed by atoms with Crippen molar-refractivity contribution in [3.8, 4) is 0 Å². The Balaban J connectivity index is 2.62. The van der Waals surface area contributed by atoms with Crippen molar-refractivity contribution in [2.24, 2.45) is 0 Å². The number of benzene rings is 1. The summed E-state index contributed by atoms with van der Waals surface area (Å²) in [5, 5.41) is 0. The summed E-state index contributed by atoms with van der Waals surface area (Å²) in [6.45, 7) is 0. The molecule has 0 N–H and O–H groups in total. The molecule has 94 valence electrons. The van der Waals surface area contributed by atoms with Gasteiger partial charge in [-0.05, 0) is 23.8 Å². The van der Waals surface area contributed by atoms with Crippen LogP contribution in [-0.4, -0.2) is 38.4 Å². The predicted molar refractivity (Wildman–Crippen MR) is 65.7 cm³/mol. The first-order valence-electron chi connectivity index (χ1n) is 5.17. The van der Waals surface area contributed by atoms with Crippen LogP contribution in [0.1, 0.15) is 15.9 Å². The SMILES string of the molecule is CN(C)S(=O)(=O)c1ccc2c(c1)C(=O)C(=O)C=C2. The summed E-state index contributed by atoms with van der Waals surface area (Å²) in [4.78, 5) is 22.9. The molecule has 5 nitrogen and oxygen atoms in total. The summed E-state index contributed by atoms with van der Waals surface area (Å²) in [5.41, 5.74) is 0.683. The number of carbonyl (C=O) groups is 2. The molecule has 0 unspecified atom stereocenters. The largest absolute Gasteiger partial charge is 0.286 e. The second-order valence-corrected chi connectivity index (χ2v) is 6.22. The van der Waals surface area contributed by atoms with Crippen LogP contribution in [-0.2, 0) is 14.8 Å². The van der Waals surface area contributed by atoms with Crippen LogP contribution in [0.5, 0.6) is 0 Å². The summed E-state index contributed by atoms with van der Waals surface area (Å²) in [6.07, 6.45) is 2.69. The molecule has 1 aliphatic carbocycles. The van der Waals surface area contributed by atoms with Crippen LogP contribution >= 0.6 is 0 Å². The third-order valence-corrected chi connectivity index (χ3v) is 4.50. The molecule has 0 amide bonds. The van der Waals surface area contributed by atoms with Gasteiger partial charge in [-0.3, -0.25) is 9.59 Å². The lowest BCUT2D eigenvalue weighted by molar-refractivity contribution is -0.110. The molecular weight excluding hydrogens is 254 g/mol. The lowest BCUT2D eigenvalue weighted by Gasteiger charge is -2.14. The molecule has 2 rings (SSSR count). The molecule has 1 aromatic rings. The molecule has 1 aliphatic rings. The Bertz CT molecular complexity index is 671. The number of allylic oxidation sites excluding steroid dienone is 1. The van der Waals surface area contributed by atoms with E-state index < -0.39 is 21.6 Å². The molecule has 0 radical (unpaired) electrons. The van der Waals surface area contributed by atoms with E-state index in [9.17, 15) is 18.0 Å². The van der Waals surface area contributed by atoms with Crippen molar-refractivity contribution >= 4 is 27.7 Å². The molecule has 0 aromatic heterocycles. The minimum absolute atomic E-state index is 0.00250. The quantitative estimate of drug-likeness (QED) is 0.738. The Morgan fingerprint density at radius 1 is 1.06 bits per heavy atom. The Hall–Kier alpha value is -1.79. The van der Waals surface area contributed by atoms with Gasteiger partial charge < -0.3 is 0 Å². The Labute approximate surface area is 105 Å². The molecule has 1 aromatic carbocycles. The summed E-state index contributed by atoms with van der Waals surface area (Å²) in [6, 6.07) is 4.18. The normalized spacial score (nSPS) is 15.1. The maximum Gasteiger partial charge on any atom is 0.242 e. The van der Waals surface area contributed by atoms with Gasteiger partial charge >= 0.3 is 0 Å². The van der Waals surface area contributed by atoms with E-state index in [1.54, 1.807) is 0 Å². The van der Waals surface area contributed by atoms with Crippen molar-refractivity contribution in [3.05, 3.63) is 35.4 Å². The van der Waals surface area contributed by atoms with E-state index in [1.165, 1.54) is 44.4 Å². The number of fused-ring (bicyclic) bond motifs is 1. The van der Waals surface area contributed by atoms with E-state index in [0.717, 1.165) is 4.31 Å². The molecule has 6 heteroatoms. The fourth-order valence-corrected chi connectivity index (χ4v) is 2.55. The predicted octanol–water partition coefficient (Wildman–Crippen LogP) is 0.716. The van der Waals surface area contributed by atoms with Crippen molar-refractivity contribution in [1.29, 1.82) is 0 Å². The zero-order chi connectivity index (χ0) is 13.5. The van der Waals surface area contributed by atoms with E-state index in [1.807, 2.05) is 0 Å². The molecule has 0 atom stereocenters. The first-order chi connectivity index (χ1) is 8.34. The van der Waals surface area contributed by atoms with E-state index in [-0.39, 0.29) is 10.5 Å². The fourth-order valence-electron chi connectivity index (χ4n) is 1.62. The number of rotatable bonds is 2. The highest BCUT2D eigenvalue weighted by Crippen LogP contribution is 2.22. The number of Topliss-reactive ketones (excluding diaryl/α,β-unsaturated/α-hetero) is 1. The number of sulfonamides is 1. The van der Waals surface area contributed by atoms with Gasteiger partial charge in [-0.25, -0.2) is 12.7 Å². The van der Waals surface area contributed by atoms with Gasteiger partial charge in [0.1, 0.15) is 0 Å². The molecule has 18 heavy (non-hydrogen) atoms. The minimum atomic E-state index is -3.61. The summed E-state index contributed by atoms with van der Waals surface area (Å²) in [5.74, 6) is -1.31. The van der Waals surface area contributed by atoms with Gasteiger partial charge in [-0.15, -0.1) is 0 Å². The van der Waals surface area contributed by atoms with Gasteiger partial charge in [-0.1, -0.05) is 12.1 Å². The number of nitrogens with zero attached hydrogens (tertiary/aromatic N) is 1. The van der Waals surface area contributed by atoms with Crippen LogP contribution in [0.25, 0.3) is 6.08 Å². The Morgan fingerprint density at radius 3 is 2.33 bits per heavy atom. The van der Waals surface area contributed by atoms with E-state index in [4.69, 9.17) is 0 Å². The van der Waals surface area contributed by atoms with Gasteiger partial charge in [0.25, 0.3) is 0 Å². The second kappa shape index (κ2) is 4.15. The highest BCUT2D eigenvalue weighted by atomic mass is 32.2. The van der Waals surface area contributed by atoms with E-state index in [2.05, 4.69) is 0 Å². The molecular formula is C12H11NO4S. The Morgan fingerprint density at radius 2 is 1.72 bits per heavy atom. The summed E-state index contributed by atoms with van der Waals surface area (Å²) < 4.78 is 24.9. The summed E-state index contributed by atoms with van der Waals surface area (Å²) >= 11 is 0. The van der Waals surface area contributed by atoms with Crippen LogP contribution in [0, 0.1) is 0 Å². The van der Waals surface area contributed by atoms with Crippen molar-refractivity contribution in [2.45, 2.75) is 4.90 Å². The maximum absolute atomic E-state index is 11.9. The number of ketones is 2. The molecule has 0 fully saturated rings. The number of hydrogen-bond donors (Lipinski definition) is 0. The first-order valence-corrected chi connectivity index (χ1v) is 6.61. The topological polar surface area (TPSA) is 71.5 Å². The van der Waals surface area contributed by atoms with Crippen LogP contribution in [0.4, 0.5) is 0 Å².